The van der Waals surface area contributed by atoms with Gasteiger partial charge >= 0.3 is 0 Å². The van der Waals surface area contributed by atoms with Gasteiger partial charge in [-0.15, -0.1) is 0 Å². The van der Waals surface area contributed by atoms with E-state index in [0.29, 0.717) is 17.1 Å². The normalized spacial score (nSPS) is 17.1. The van der Waals surface area contributed by atoms with Gasteiger partial charge in [-0.3, -0.25) is 4.79 Å². The second-order valence-electron chi connectivity index (χ2n) is 5.17. The molecule has 0 radical (unpaired) electrons. The van der Waals surface area contributed by atoms with Crippen molar-refractivity contribution in [3.63, 3.8) is 0 Å². The molecule has 1 aliphatic heterocycles. The summed E-state index contributed by atoms with van der Waals surface area (Å²) in [7, 11) is 0. The van der Waals surface area contributed by atoms with Crippen LogP contribution in [-0.4, -0.2) is 19.0 Å². The third-order valence-electron chi connectivity index (χ3n) is 3.79. The molecule has 1 heterocycles. The van der Waals surface area contributed by atoms with Gasteiger partial charge in [0, 0.05) is 23.2 Å². The minimum absolute atomic E-state index is 0.0727. The molecule has 2 N–H and O–H groups in total. The number of hydrogen-bond donors (Lipinski definition) is 2. The summed E-state index contributed by atoms with van der Waals surface area (Å²) in [4.78, 5) is 12.1. The third-order valence-corrected chi connectivity index (χ3v) is 4.04. The second kappa shape index (κ2) is 6.29. The molecule has 2 aromatic carbocycles. The van der Waals surface area contributed by atoms with Gasteiger partial charge in [0.25, 0.3) is 5.91 Å². The van der Waals surface area contributed by atoms with E-state index in [-0.39, 0.29) is 11.9 Å². The third kappa shape index (κ3) is 3.26. The summed E-state index contributed by atoms with van der Waals surface area (Å²) in [6.07, 6.45) is 1.04. The van der Waals surface area contributed by atoms with Crippen LogP contribution in [0.4, 0.5) is 0 Å². The molecule has 0 aliphatic carbocycles. The SMILES string of the molecule is O=C(NCC1NCCc2ccccc21)c1ccc(Cl)cc1. The summed E-state index contributed by atoms with van der Waals surface area (Å²) in [5.41, 5.74) is 3.27. The summed E-state index contributed by atoms with van der Waals surface area (Å²) in [6, 6.07) is 15.5. The van der Waals surface area contributed by atoms with Crippen LogP contribution in [0, 0.1) is 0 Å². The number of carbonyl (C=O) groups excluding carboxylic acids is 1. The van der Waals surface area contributed by atoms with Crippen LogP contribution in [0.2, 0.25) is 5.02 Å². The lowest BCUT2D eigenvalue weighted by Gasteiger charge is -2.27. The molecule has 0 bridgehead atoms. The van der Waals surface area contributed by atoms with E-state index in [0.717, 1.165) is 13.0 Å². The lowest BCUT2D eigenvalue weighted by molar-refractivity contribution is 0.0949. The Kier molecular flexibility index (Phi) is 4.23. The van der Waals surface area contributed by atoms with Crippen molar-refractivity contribution in [2.24, 2.45) is 0 Å². The Morgan fingerprint density at radius 2 is 1.95 bits per heavy atom. The van der Waals surface area contributed by atoms with E-state index in [1.54, 1.807) is 24.3 Å². The van der Waals surface area contributed by atoms with E-state index in [9.17, 15) is 4.79 Å². The molecule has 21 heavy (non-hydrogen) atoms. The van der Waals surface area contributed by atoms with E-state index in [1.807, 2.05) is 6.07 Å². The van der Waals surface area contributed by atoms with E-state index < -0.39 is 0 Å². The molecule has 1 aliphatic rings. The fourth-order valence-corrected chi connectivity index (χ4v) is 2.80. The quantitative estimate of drug-likeness (QED) is 0.915. The molecule has 1 amide bonds. The molecule has 3 rings (SSSR count). The fourth-order valence-electron chi connectivity index (χ4n) is 2.67. The van der Waals surface area contributed by atoms with Gasteiger partial charge < -0.3 is 10.6 Å². The molecule has 3 nitrogen and oxygen atoms in total. The van der Waals surface area contributed by atoms with Crippen molar-refractivity contribution in [2.45, 2.75) is 12.5 Å². The first-order chi connectivity index (χ1) is 10.2. The first-order valence-electron chi connectivity index (χ1n) is 7.09. The Balaban J connectivity index is 1.66. The molecule has 0 fully saturated rings. The van der Waals surface area contributed by atoms with Crippen LogP contribution in [0.15, 0.2) is 48.5 Å². The van der Waals surface area contributed by atoms with Gasteiger partial charge in [0.2, 0.25) is 0 Å². The van der Waals surface area contributed by atoms with Crippen LogP contribution in [0.25, 0.3) is 0 Å². The molecular formula is C17H17ClN2O. The number of fused-ring (bicyclic) bond motifs is 1. The number of nitrogens with one attached hydrogen (secondary N) is 2. The average molecular weight is 301 g/mol. The van der Waals surface area contributed by atoms with Gasteiger partial charge in [0.15, 0.2) is 0 Å². The van der Waals surface area contributed by atoms with E-state index >= 15 is 0 Å². The number of amides is 1. The highest BCUT2D eigenvalue weighted by Crippen LogP contribution is 2.22. The molecule has 1 unspecified atom stereocenters. The standard InChI is InChI=1S/C17H17ClN2O/c18-14-7-5-13(6-8-14)17(21)20-11-16-15-4-2-1-3-12(15)9-10-19-16/h1-8,16,19H,9-11H2,(H,20,21). The van der Waals surface area contributed by atoms with Crippen LogP contribution in [0.1, 0.15) is 27.5 Å². The zero-order chi connectivity index (χ0) is 14.7. The van der Waals surface area contributed by atoms with Crippen molar-refractivity contribution in [3.8, 4) is 0 Å². The Labute approximate surface area is 129 Å². The van der Waals surface area contributed by atoms with Gasteiger partial charge in [-0.25, -0.2) is 0 Å². The van der Waals surface area contributed by atoms with Crippen molar-refractivity contribution >= 4 is 17.5 Å². The molecule has 108 valence electrons. The van der Waals surface area contributed by atoms with Gasteiger partial charge in [-0.05, 0) is 48.4 Å². The zero-order valence-electron chi connectivity index (χ0n) is 11.6. The van der Waals surface area contributed by atoms with Crippen LogP contribution < -0.4 is 10.6 Å². The monoisotopic (exact) mass is 300 g/mol. The minimum Gasteiger partial charge on any atom is -0.350 e. The topological polar surface area (TPSA) is 41.1 Å². The van der Waals surface area contributed by atoms with Crippen LogP contribution in [-0.2, 0) is 6.42 Å². The number of carbonyl (C=O) groups is 1. The number of rotatable bonds is 3. The van der Waals surface area contributed by atoms with Crippen molar-refractivity contribution in [1.29, 1.82) is 0 Å². The lowest BCUT2D eigenvalue weighted by Crippen LogP contribution is -2.38. The summed E-state index contributed by atoms with van der Waals surface area (Å²) >= 11 is 5.83. The van der Waals surface area contributed by atoms with Gasteiger partial charge in [-0.1, -0.05) is 35.9 Å². The molecule has 2 aromatic rings. The van der Waals surface area contributed by atoms with Crippen LogP contribution in [0.3, 0.4) is 0 Å². The van der Waals surface area contributed by atoms with Gasteiger partial charge in [-0.2, -0.15) is 0 Å². The zero-order valence-corrected chi connectivity index (χ0v) is 12.4. The first-order valence-corrected chi connectivity index (χ1v) is 7.47. The maximum absolute atomic E-state index is 12.1. The smallest absolute Gasteiger partial charge is 0.251 e. The Morgan fingerprint density at radius 1 is 1.19 bits per heavy atom. The van der Waals surface area contributed by atoms with Crippen molar-refractivity contribution in [1.82, 2.24) is 10.6 Å². The van der Waals surface area contributed by atoms with Gasteiger partial charge in [0.1, 0.15) is 0 Å². The second-order valence-corrected chi connectivity index (χ2v) is 5.61. The average Bonchev–Trinajstić information content (AvgIpc) is 2.53. The number of benzene rings is 2. The first kappa shape index (κ1) is 14.1. The van der Waals surface area contributed by atoms with E-state index in [2.05, 4.69) is 28.8 Å². The molecule has 0 aromatic heterocycles. The molecular weight excluding hydrogens is 284 g/mol. The van der Waals surface area contributed by atoms with Crippen LogP contribution >= 0.6 is 11.6 Å². The molecule has 4 heteroatoms. The summed E-state index contributed by atoms with van der Waals surface area (Å²) < 4.78 is 0. The minimum atomic E-state index is -0.0727. The molecule has 1 atom stereocenters. The Hall–Kier alpha value is -1.84. The number of halogens is 1. The largest absolute Gasteiger partial charge is 0.350 e. The highest BCUT2D eigenvalue weighted by molar-refractivity contribution is 6.30. The number of hydrogen-bond acceptors (Lipinski definition) is 2. The van der Waals surface area contributed by atoms with Crippen molar-refractivity contribution < 1.29 is 4.79 Å². The molecule has 0 saturated carbocycles. The van der Waals surface area contributed by atoms with Crippen molar-refractivity contribution in [2.75, 3.05) is 13.1 Å². The van der Waals surface area contributed by atoms with E-state index in [4.69, 9.17) is 11.6 Å². The highest BCUT2D eigenvalue weighted by atomic mass is 35.5. The lowest BCUT2D eigenvalue weighted by atomic mass is 9.94. The molecule has 0 saturated heterocycles. The van der Waals surface area contributed by atoms with E-state index in [1.165, 1.54) is 11.1 Å². The predicted molar refractivity (Wildman–Crippen MR) is 84.7 cm³/mol. The fraction of sp³-hybridized carbons (Fsp3) is 0.235. The summed E-state index contributed by atoms with van der Waals surface area (Å²) in [5, 5.41) is 7.07. The summed E-state index contributed by atoms with van der Waals surface area (Å²) in [5.74, 6) is -0.0727. The van der Waals surface area contributed by atoms with Crippen molar-refractivity contribution in [3.05, 3.63) is 70.2 Å². The predicted octanol–water partition coefficient (Wildman–Crippen LogP) is 2.96. The highest BCUT2D eigenvalue weighted by Gasteiger charge is 2.19. The maximum atomic E-state index is 12.1. The van der Waals surface area contributed by atoms with Gasteiger partial charge in [0.05, 0.1) is 0 Å². The Morgan fingerprint density at radius 3 is 2.76 bits per heavy atom. The molecule has 0 spiro atoms. The maximum Gasteiger partial charge on any atom is 0.251 e. The Bertz CT molecular complexity index is 639. The summed E-state index contributed by atoms with van der Waals surface area (Å²) in [6.45, 7) is 1.52. The van der Waals surface area contributed by atoms with Crippen LogP contribution in [0.5, 0.6) is 0 Å².